The molecule has 0 bridgehead atoms. The van der Waals surface area contributed by atoms with Gasteiger partial charge in [-0.05, 0) is 43.3 Å². The lowest BCUT2D eigenvalue weighted by Crippen LogP contribution is -2.31. The van der Waals surface area contributed by atoms with Crippen LogP contribution >= 0.6 is 11.8 Å². The van der Waals surface area contributed by atoms with Gasteiger partial charge >= 0.3 is 0 Å². The van der Waals surface area contributed by atoms with Crippen molar-refractivity contribution in [1.82, 2.24) is 4.90 Å². The van der Waals surface area contributed by atoms with Gasteiger partial charge in [-0.3, -0.25) is 4.90 Å². The summed E-state index contributed by atoms with van der Waals surface area (Å²) in [5.74, 6) is 0. The molecule has 0 saturated carbocycles. The smallest absolute Gasteiger partial charge is 0.0587 e. The fourth-order valence-electron chi connectivity index (χ4n) is 2.28. The van der Waals surface area contributed by atoms with Crippen molar-refractivity contribution in [2.75, 3.05) is 19.4 Å². The molecule has 88 valence electrons. The first kappa shape index (κ1) is 12.0. The molecule has 1 heterocycles. The first-order valence-electron chi connectivity index (χ1n) is 5.81. The third kappa shape index (κ3) is 2.78. The maximum Gasteiger partial charge on any atom is 0.0587 e. The average Bonchev–Trinajstić information content (AvgIpc) is 2.77. The topological polar surface area (TPSA) is 23.5 Å². The van der Waals surface area contributed by atoms with E-state index in [-0.39, 0.29) is 0 Å². The highest BCUT2D eigenvalue weighted by Gasteiger charge is 2.23. The summed E-state index contributed by atoms with van der Waals surface area (Å²) in [6.45, 7) is 2.39. The third-order valence-corrected chi connectivity index (χ3v) is 4.00. The van der Waals surface area contributed by atoms with E-state index in [0.717, 1.165) is 19.5 Å². The number of aliphatic hydroxyl groups is 1. The minimum absolute atomic E-state index is 0.295. The summed E-state index contributed by atoms with van der Waals surface area (Å²) in [5, 5.41) is 9.25. The van der Waals surface area contributed by atoms with E-state index in [1.54, 1.807) is 11.8 Å². The van der Waals surface area contributed by atoms with Crippen molar-refractivity contribution in [2.45, 2.75) is 30.3 Å². The summed E-state index contributed by atoms with van der Waals surface area (Å²) in [5.41, 5.74) is 1.35. The summed E-state index contributed by atoms with van der Waals surface area (Å²) in [7, 11) is 0. The molecule has 2 nitrogen and oxygen atoms in total. The predicted octanol–water partition coefficient (Wildman–Crippen LogP) is 2.37. The van der Waals surface area contributed by atoms with Crippen molar-refractivity contribution in [3.05, 3.63) is 29.8 Å². The van der Waals surface area contributed by atoms with Gasteiger partial charge in [-0.15, -0.1) is 11.8 Å². The Kier molecular flexibility index (Phi) is 4.27. The zero-order valence-corrected chi connectivity index (χ0v) is 10.5. The molecule has 1 aliphatic heterocycles. The summed E-state index contributed by atoms with van der Waals surface area (Å²) in [4.78, 5) is 3.69. The molecule has 1 fully saturated rings. The van der Waals surface area contributed by atoms with Crippen LogP contribution in [0.25, 0.3) is 0 Å². The molecule has 0 spiro atoms. The van der Waals surface area contributed by atoms with Crippen LogP contribution < -0.4 is 0 Å². The summed E-state index contributed by atoms with van der Waals surface area (Å²) in [6, 6.07) is 9.10. The highest BCUT2D eigenvalue weighted by molar-refractivity contribution is 7.98. The Labute approximate surface area is 102 Å². The van der Waals surface area contributed by atoms with Gasteiger partial charge in [0, 0.05) is 17.5 Å². The zero-order chi connectivity index (χ0) is 11.4. The van der Waals surface area contributed by atoms with Gasteiger partial charge in [-0.2, -0.15) is 0 Å². The molecule has 0 radical (unpaired) electrons. The van der Waals surface area contributed by atoms with E-state index in [1.165, 1.54) is 16.9 Å². The van der Waals surface area contributed by atoms with E-state index in [4.69, 9.17) is 0 Å². The molecular weight excluding hydrogens is 218 g/mol. The van der Waals surface area contributed by atoms with Crippen LogP contribution in [0.3, 0.4) is 0 Å². The summed E-state index contributed by atoms with van der Waals surface area (Å²) >= 11 is 1.77. The molecule has 0 aliphatic carbocycles. The molecule has 1 atom stereocenters. The molecule has 1 saturated heterocycles. The van der Waals surface area contributed by atoms with E-state index in [9.17, 15) is 5.11 Å². The van der Waals surface area contributed by atoms with Gasteiger partial charge in [-0.1, -0.05) is 12.1 Å². The molecule has 3 heteroatoms. The molecule has 1 aromatic carbocycles. The Morgan fingerprint density at radius 3 is 2.75 bits per heavy atom. The Hall–Kier alpha value is -0.510. The fourth-order valence-corrected chi connectivity index (χ4v) is 2.68. The average molecular weight is 237 g/mol. The Morgan fingerprint density at radius 2 is 2.12 bits per heavy atom. The van der Waals surface area contributed by atoms with Crippen molar-refractivity contribution in [3.8, 4) is 0 Å². The molecular formula is C13H19NOS. The molecule has 1 aliphatic rings. The lowest BCUT2D eigenvalue weighted by molar-refractivity contribution is 0.153. The second-order valence-electron chi connectivity index (χ2n) is 4.30. The van der Waals surface area contributed by atoms with E-state index < -0.39 is 0 Å². The number of benzene rings is 1. The minimum Gasteiger partial charge on any atom is -0.395 e. The Bertz CT molecular complexity index is 325. The quantitative estimate of drug-likeness (QED) is 0.813. The minimum atomic E-state index is 0.295. The van der Waals surface area contributed by atoms with Crippen LogP contribution in [-0.4, -0.2) is 35.5 Å². The molecule has 16 heavy (non-hydrogen) atoms. The van der Waals surface area contributed by atoms with Gasteiger partial charge in [0.2, 0.25) is 0 Å². The summed E-state index contributed by atoms with van der Waals surface area (Å²) in [6.07, 6.45) is 4.45. The van der Waals surface area contributed by atoms with Gasteiger partial charge in [-0.25, -0.2) is 0 Å². The molecule has 2 rings (SSSR count). The normalized spacial score (nSPS) is 21.5. The van der Waals surface area contributed by atoms with Crippen molar-refractivity contribution in [2.24, 2.45) is 0 Å². The monoisotopic (exact) mass is 237 g/mol. The molecule has 0 amide bonds. The maximum atomic E-state index is 9.25. The summed E-state index contributed by atoms with van der Waals surface area (Å²) < 4.78 is 0. The van der Waals surface area contributed by atoms with Crippen LogP contribution in [0.5, 0.6) is 0 Å². The van der Waals surface area contributed by atoms with Gasteiger partial charge < -0.3 is 5.11 Å². The number of thioether (sulfide) groups is 1. The van der Waals surface area contributed by atoms with Crippen molar-refractivity contribution < 1.29 is 5.11 Å². The lowest BCUT2D eigenvalue weighted by Gasteiger charge is -2.22. The predicted molar refractivity (Wildman–Crippen MR) is 68.7 cm³/mol. The highest BCUT2D eigenvalue weighted by atomic mass is 32.2. The van der Waals surface area contributed by atoms with Gasteiger partial charge in [0.15, 0.2) is 0 Å². The zero-order valence-electron chi connectivity index (χ0n) is 9.72. The third-order valence-electron chi connectivity index (χ3n) is 3.25. The molecule has 0 unspecified atom stereocenters. The van der Waals surface area contributed by atoms with Crippen LogP contribution in [0.2, 0.25) is 0 Å². The van der Waals surface area contributed by atoms with Gasteiger partial charge in [0.05, 0.1) is 6.61 Å². The second-order valence-corrected chi connectivity index (χ2v) is 5.18. The Morgan fingerprint density at radius 1 is 1.38 bits per heavy atom. The van der Waals surface area contributed by atoms with E-state index in [0.29, 0.717) is 12.6 Å². The van der Waals surface area contributed by atoms with Gasteiger partial charge in [0.25, 0.3) is 0 Å². The van der Waals surface area contributed by atoms with E-state index in [2.05, 4.69) is 35.4 Å². The largest absolute Gasteiger partial charge is 0.395 e. The molecule has 1 N–H and O–H groups in total. The van der Waals surface area contributed by atoms with Crippen LogP contribution in [0.4, 0.5) is 0 Å². The van der Waals surface area contributed by atoms with E-state index in [1.807, 2.05) is 0 Å². The van der Waals surface area contributed by atoms with Crippen LogP contribution in [0, 0.1) is 0 Å². The number of hydrogen-bond acceptors (Lipinski definition) is 3. The molecule has 1 aromatic rings. The fraction of sp³-hybridized carbons (Fsp3) is 0.538. The van der Waals surface area contributed by atoms with Crippen molar-refractivity contribution in [1.29, 1.82) is 0 Å². The number of aliphatic hydroxyl groups excluding tert-OH is 1. The first-order chi connectivity index (χ1) is 7.83. The van der Waals surface area contributed by atoms with Crippen molar-refractivity contribution >= 4 is 11.8 Å². The Balaban J connectivity index is 1.97. The maximum absolute atomic E-state index is 9.25. The number of hydrogen-bond donors (Lipinski definition) is 1. The number of likely N-dealkylation sites (tertiary alicyclic amines) is 1. The van der Waals surface area contributed by atoms with E-state index >= 15 is 0 Å². The second kappa shape index (κ2) is 5.71. The lowest BCUT2D eigenvalue weighted by atomic mass is 10.2. The molecule has 0 aromatic heterocycles. The van der Waals surface area contributed by atoms with Crippen LogP contribution in [-0.2, 0) is 6.54 Å². The number of nitrogens with zero attached hydrogens (tertiary/aromatic N) is 1. The van der Waals surface area contributed by atoms with Gasteiger partial charge in [0.1, 0.15) is 0 Å². The van der Waals surface area contributed by atoms with Crippen LogP contribution in [0.1, 0.15) is 18.4 Å². The standard InChI is InChI=1S/C13H19NOS/c1-16-13-6-4-11(5-7-13)9-14-8-2-3-12(14)10-15/h4-7,12,15H,2-3,8-10H2,1H3/t12-/m0/s1. The first-order valence-corrected chi connectivity index (χ1v) is 7.04. The number of rotatable bonds is 4. The van der Waals surface area contributed by atoms with Crippen molar-refractivity contribution in [3.63, 3.8) is 0 Å². The SMILES string of the molecule is CSc1ccc(CN2CCC[C@H]2CO)cc1. The van der Waals surface area contributed by atoms with Crippen LogP contribution in [0.15, 0.2) is 29.2 Å². The highest BCUT2D eigenvalue weighted by Crippen LogP contribution is 2.21.